The monoisotopic (exact) mass is 356 g/mol. The molecule has 0 atom stereocenters. The first-order chi connectivity index (χ1) is 12.8. The van der Waals surface area contributed by atoms with E-state index < -0.39 is 0 Å². The van der Waals surface area contributed by atoms with Crippen LogP contribution in [0.4, 0.5) is 0 Å². The Bertz CT molecular complexity index is 723. The quantitative estimate of drug-likeness (QED) is 0.825. The van der Waals surface area contributed by atoms with Gasteiger partial charge in [0.05, 0.1) is 0 Å². The van der Waals surface area contributed by atoms with Crippen molar-refractivity contribution in [3.8, 4) is 0 Å². The zero-order chi connectivity index (χ0) is 17.9. The number of piperidine rings is 1. The third-order valence-electron chi connectivity index (χ3n) is 5.91. The minimum absolute atomic E-state index is 0.284. The second kappa shape index (κ2) is 7.60. The third kappa shape index (κ3) is 3.39. The summed E-state index contributed by atoms with van der Waals surface area (Å²) in [4.78, 5) is 14.7. The molecule has 26 heavy (non-hydrogen) atoms. The molecule has 1 saturated heterocycles. The van der Waals surface area contributed by atoms with E-state index in [-0.39, 0.29) is 5.92 Å². The summed E-state index contributed by atoms with van der Waals surface area (Å²) >= 11 is 0. The van der Waals surface area contributed by atoms with Crippen LogP contribution in [0.5, 0.6) is 0 Å². The summed E-state index contributed by atoms with van der Waals surface area (Å²) in [6.07, 6.45) is 10.3. The lowest BCUT2D eigenvalue weighted by Crippen LogP contribution is -2.41. The van der Waals surface area contributed by atoms with Crippen LogP contribution < -0.4 is 0 Å². The second-order valence-corrected chi connectivity index (χ2v) is 7.50. The molecule has 0 unspecified atom stereocenters. The van der Waals surface area contributed by atoms with Gasteiger partial charge in [0.25, 0.3) is 0 Å². The molecule has 3 heterocycles. The number of nitrogens with zero attached hydrogens (tertiary/aromatic N) is 6. The van der Waals surface area contributed by atoms with Crippen molar-refractivity contribution in [2.75, 3.05) is 13.1 Å². The van der Waals surface area contributed by atoms with Crippen LogP contribution in [0.3, 0.4) is 0 Å². The first-order valence-electron chi connectivity index (χ1n) is 9.94. The van der Waals surface area contributed by atoms with Crippen LogP contribution in [0.15, 0.2) is 18.5 Å². The molecule has 1 saturated carbocycles. The summed E-state index contributed by atoms with van der Waals surface area (Å²) in [6, 6.07) is 1.92. The number of hydrogen-bond acceptors (Lipinski definition) is 4. The van der Waals surface area contributed by atoms with Crippen LogP contribution in [0.1, 0.15) is 63.0 Å². The van der Waals surface area contributed by atoms with Crippen LogP contribution in [-0.2, 0) is 17.9 Å². The average Bonchev–Trinajstić information content (AvgIpc) is 3.43. The van der Waals surface area contributed by atoms with E-state index in [2.05, 4.69) is 31.7 Å². The summed E-state index contributed by atoms with van der Waals surface area (Å²) < 4.78 is 4.10. The van der Waals surface area contributed by atoms with Gasteiger partial charge in [0.15, 0.2) is 5.82 Å². The van der Waals surface area contributed by atoms with Gasteiger partial charge in [-0.3, -0.25) is 9.48 Å². The fraction of sp³-hybridized carbons (Fsp3) is 0.684. The van der Waals surface area contributed by atoms with Gasteiger partial charge in [0.2, 0.25) is 5.91 Å². The van der Waals surface area contributed by atoms with Crippen molar-refractivity contribution < 1.29 is 4.79 Å². The molecule has 0 spiro atoms. The molecule has 2 aromatic rings. The molecular weight excluding hydrogens is 328 g/mol. The van der Waals surface area contributed by atoms with E-state index in [1.54, 1.807) is 6.20 Å². The average molecular weight is 356 g/mol. The van der Waals surface area contributed by atoms with Crippen molar-refractivity contribution in [1.82, 2.24) is 29.4 Å². The Morgan fingerprint density at radius 1 is 1.15 bits per heavy atom. The largest absolute Gasteiger partial charge is 0.342 e. The molecule has 1 aliphatic carbocycles. The first kappa shape index (κ1) is 17.2. The molecule has 2 fully saturated rings. The van der Waals surface area contributed by atoms with Crippen LogP contribution in [0, 0.1) is 5.92 Å². The van der Waals surface area contributed by atoms with Crippen molar-refractivity contribution in [3.05, 3.63) is 30.1 Å². The number of carbonyl (C=O) groups is 1. The lowest BCUT2D eigenvalue weighted by atomic mass is 9.94. The van der Waals surface area contributed by atoms with E-state index >= 15 is 0 Å². The van der Waals surface area contributed by atoms with Gasteiger partial charge in [-0.1, -0.05) is 12.8 Å². The van der Waals surface area contributed by atoms with Crippen LogP contribution >= 0.6 is 0 Å². The zero-order valence-corrected chi connectivity index (χ0v) is 15.5. The topological polar surface area (TPSA) is 68.8 Å². The minimum Gasteiger partial charge on any atom is -0.342 e. The molecule has 1 amide bonds. The maximum atomic E-state index is 12.6. The number of carbonyl (C=O) groups excluding carboxylic acids is 1. The highest BCUT2D eigenvalue weighted by molar-refractivity contribution is 5.79. The standard InChI is InChI=1S/C19H28N6O/c1-2-25-17(14-24-11-5-10-20-24)21-22-18(25)15-8-12-23(13-9-15)19(26)16-6-3-4-7-16/h5,10-11,15-16H,2-4,6-9,12-14H2,1H3. The Kier molecular flexibility index (Phi) is 5.04. The van der Waals surface area contributed by atoms with E-state index in [1.807, 2.05) is 16.9 Å². The van der Waals surface area contributed by atoms with E-state index in [0.29, 0.717) is 18.4 Å². The highest BCUT2D eigenvalue weighted by Gasteiger charge is 2.32. The van der Waals surface area contributed by atoms with Crippen molar-refractivity contribution in [3.63, 3.8) is 0 Å². The lowest BCUT2D eigenvalue weighted by Gasteiger charge is -2.33. The van der Waals surface area contributed by atoms with Gasteiger partial charge in [0, 0.05) is 43.9 Å². The predicted molar refractivity (Wildman–Crippen MR) is 97.5 cm³/mol. The summed E-state index contributed by atoms with van der Waals surface area (Å²) in [5, 5.41) is 13.2. The molecule has 0 radical (unpaired) electrons. The van der Waals surface area contributed by atoms with E-state index in [1.165, 1.54) is 12.8 Å². The predicted octanol–water partition coefficient (Wildman–Crippen LogP) is 2.44. The zero-order valence-electron chi connectivity index (χ0n) is 15.5. The lowest BCUT2D eigenvalue weighted by molar-refractivity contribution is -0.136. The molecule has 7 nitrogen and oxygen atoms in total. The van der Waals surface area contributed by atoms with Gasteiger partial charge >= 0.3 is 0 Å². The maximum absolute atomic E-state index is 12.6. The molecule has 2 aliphatic rings. The fourth-order valence-electron chi connectivity index (χ4n) is 4.44. The Labute approximate surface area is 154 Å². The molecule has 0 N–H and O–H groups in total. The normalized spacial score (nSPS) is 19.3. The SMILES string of the molecule is CCn1c(Cn2cccn2)nnc1C1CCN(C(=O)C2CCCC2)CC1. The van der Waals surface area contributed by atoms with Crippen molar-refractivity contribution >= 4 is 5.91 Å². The molecule has 0 aromatic carbocycles. The molecule has 140 valence electrons. The molecule has 2 aromatic heterocycles. The van der Waals surface area contributed by atoms with E-state index in [0.717, 1.165) is 57.0 Å². The smallest absolute Gasteiger partial charge is 0.225 e. The van der Waals surface area contributed by atoms with Gasteiger partial charge in [-0.25, -0.2) is 0 Å². The summed E-state index contributed by atoms with van der Waals surface area (Å²) in [5.41, 5.74) is 0. The molecule has 7 heteroatoms. The second-order valence-electron chi connectivity index (χ2n) is 7.50. The molecular formula is C19H28N6O. The van der Waals surface area contributed by atoms with Gasteiger partial charge < -0.3 is 9.47 Å². The maximum Gasteiger partial charge on any atom is 0.225 e. The number of aromatic nitrogens is 5. The van der Waals surface area contributed by atoms with Gasteiger partial charge in [-0.15, -0.1) is 10.2 Å². The number of hydrogen-bond donors (Lipinski definition) is 0. The van der Waals surface area contributed by atoms with Crippen molar-refractivity contribution in [2.24, 2.45) is 5.92 Å². The van der Waals surface area contributed by atoms with Gasteiger partial charge in [-0.2, -0.15) is 5.10 Å². The van der Waals surface area contributed by atoms with E-state index in [4.69, 9.17) is 0 Å². The highest BCUT2D eigenvalue weighted by Crippen LogP contribution is 2.31. The Balaban J connectivity index is 1.41. The molecule has 0 bridgehead atoms. The Morgan fingerprint density at radius 2 is 1.92 bits per heavy atom. The number of amides is 1. The summed E-state index contributed by atoms with van der Waals surface area (Å²) in [7, 11) is 0. The van der Waals surface area contributed by atoms with E-state index in [9.17, 15) is 4.79 Å². The third-order valence-corrected chi connectivity index (χ3v) is 5.91. The summed E-state index contributed by atoms with van der Waals surface area (Å²) in [5.74, 6) is 3.09. The van der Waals surface area contributed by atoms with Crippen LogP contribution in [0.25, 0.3) is 0 Å². The van der Waals surface area contributed by atoms with Crippen molar-refractivity contribution in [2.45, 2.75) is 64.5 Å². The van der Waals surface area contributed by atoms with Crippen molar-refractivity contribution in [1.29, 1.82) is 0 Å². The highest BCUT2D eigenvalue weighted by atomic mass is 16.2. The first-order valence-corrected chi connectivity index (χ1v) is 9.94. The van der Waals surface area contributed by atoms with Crippen LogP contribution in [0.2, 0.25) is 0 Å². The van der Waals surface area contributed by atoms with Gasteiger partial charge in [-0.05, 0) is 38.7 Å². The molecule has 4 rings (SSSR count). The molecule has 1 aliphatic heterocycles. The summed E-state index contributed by atoms with van der Waals surface area (Å²) in [6.45, 7) is 5.35. The fourth-order valence-corrected chi connectivity index (χ4v) is 4.44. The van der Waals surface area contributed by atoms with Gasteiger partial charge in [0.1, 0.15) is 12.4 Å². The Hall–Kier alpha value is -2.18. The van der Waals surface area contributed by atoms with Crippen LogP contribution in [-0.4, -0.2) is 48.4 Å². The minimum atomic E-state index is 0.284. The Morgan fingerprint density at radius 3 is 2.58 bits per heavy atom. The number of rotatable bonds is 5. The number of likely N-dealkylation sites (tertiary alicyclic amines) is 1.